The smallest absolute Gasteiger partial charge is 0.240 e. The average molecular weight is 362 g/mol. The number of imidazole rings is 1. The molecule has 1 aliphatic heterocycles. The van der Waals surface area contributed by atoms with E-state index < -0.39 is 11.9 Å². The molecule has 1 aromatic carbocycles. The average Bonchev–Trinajstić information content (AvgIpc) is 3.02. The van der Waals surface area contributed by atoms with Gasteiger partial charge in [-0.25, -0.2) is 4.98 Å². The van der Waals surface area contributed by atoms with Crippen LogP contribution in [0.15, 0.2) is 23.4 Å². The Morgan fingerprint density at radius 2 is 2.28 bits per heavy atom. The van der Waals surface area contributed by atoms with E-state index in [1.807, 2.05) is 25.1 Å². The van der Waals surface area contributed by atoms with Crippen molar-refractivity contribution in [3.05, 3.63) is 18.2 Å². The number of rotatable bonds is 6. The van der Waals surface area contributed by atoms with Gasteiger partial charge in [0.15, 0.2) is 5.16 Å². The monoisotopic (exact) mass is 362 g/mol. The number of thioether (sulfide) groups is 1. The second kappa shape index (κ2) is 7.77. The van der Waals surface area contributed by atoms with Crippen LogP contribution in [0.2, 0.25) is 0 Å². The van der Waals surface area contributed by atoms with E-state index in [0.717, 1.165) is 29.6 Å². The lowest BCUT2D eigenvalue weighted by molar-refractivity contribution is -0.138. The summed E-state index contributed by atoms with van der Waals surface area (Å²) >= 11 is 1.33. The van der Waals surface area contributed by atoms with Crippen LogP contribution in [0.5, 0.6) is 5.75 Å². The summed E-state index contributed by atoms with van der Waals surface area (Å²) in [6.07, 6.45) is 2.48. The van der Waals surface area contributed by atoms with Crippen molar-refractivity contribution in [3.63, 3.8) is 0 Å². The summed E-state index contributed by atoms with van der Waals surface area (Å²) in [5, 5.41) is 0.671. The second-order valence-electron chi connectivity index (χ2n) is 5.94. The standard InChI is InChI=1S/C17H22N4O3S/c1-2-24-11-6-7-12-13(9-11)20-17(19-12)25-10-15(22)21-8-4-3-5-14(21)16(18)23/h6-7,9,14H,2-5,8,10H2,1H3,(H2,18,23)(H,19,20)/t14-/m0/s1. The highest BCUT2D eigenvalue weighted by Gasteiger charge is 2.30. The van der Waals surface area contributed by atoms with Crippen LogP contribution in [0.4, 0.5) is 0 Å². The van der Waals surface area contributed by atoms with E-state index in [4.69, 9.17) is 10.5 Å². The van der Waals surface area contributed by atoms with Crippen LogP contribution in [0.25, 0.3) is 11.0 Å². The maximum Gasteiger partial charge on any atom is 0.240 e. The number of nitrogens with zero attached hydrogens (tertiary/aromatic N) is 2. The number of benzene rings is 1. The Balaban J connectivity index is 1.65. The van der Waals surface area contributed by atoms with Crippen LogP contribution in [0, 0.1) is 0 Å². The van der Waals surface area contributed by atoms with Gasteiger partial charge in [-0.1, -0.05) is 11.8 Å². The number of piperidine rings is 1. The number of primary amides is 1. The van der Waals surface area contributed by atoms with Crippen LogP contribution < -0.4 is 10.5 Å². The van der Waals surface area contributed by atoms with Crippen molar-refractivity contribution in [2.24, 2.45) is 5.73 Å². The normalized spacial score (nSPS) is 17.6. The van der Waals surface area contributed by atoms with Gasteiger partial charge in [-0.2, -0.15) is 0 Å². The third-order valence-electron chi connectivity index (χ3n) is 4.23. The summed E-state index contributed by atoms with van der Waals surface area (Å²) in [6, 6.07) is 5.17. The van der Waals surface area contributed by atoms with Gasteiger partial charge in [0.05, 0.1) is 23.4 Å². The van der Waals surface area contributed by atoms with Crippen LogP contribution in [0.1, 0.15) is 26.2 Å². The van der Waals surface area contributed by atoms with Gasteiger partial charge >= 0.3 is 0 Å². The predicted molar refractivity (Wildman–Crippen MR) is 96.5 cm³/mol. The van der Waals surface area contributed by atoms with Crippen LogP contribution >= 0.6 is 11.8 Å². The molecule has 2 aromatic rings. The first-order valence-corrected chi connectivity index (χ1v) is 9.41. The summed E-state index contributed by atoms with van der Waals surface area (Å²) in [5.41, 5.74) is 7.12. The molecule has 8 heteroatoms. The zero-order valence-electron chi connectivity index (χ0n) is 14.2. The number of hydrogen-bond donors (Lipinski definition) is 2. The molecule has 0 radical (unpaired) electrons. The molecule has 2 amide bonds. The minimum Gasteiger partial charge on any atom is -0.494 e. The number of ether oxygens (including phenoxy) is 1. The van der Waals surface area contributed by atoms with Crippen molar-refractivity contribution in [2.45, 2.75) is 37.4 Å². The van der Waals surface area contributed by atoms with Gasteiger partial charge in [0.2, 0.25) is 11.8 Å². The van der Waals surface area contributed by atoms with Crippen molar-refractivity contribution in [1.82, 2.24) is 14.9 Å². The molecule has 0 unspecified atom stereocenters. The van der Waals surface area contributed by atoms with Crippen LogP contribution in [-0.2, 0) is 9.59 Å². The summed E-state index contributed by atoms with van der Waals surface area (Å²) in [6.45, 7) is 3.13. The molecule has 0 saturated carbocycles. The largest absolute Gasteiger partial charge is 0.494 e. The van der Waals surface area contributed by atoms with Gasteiger partial charge in [-0.05, 0) is 38.3 Å². The number of aromatic nitrogens is 2. The quantitative estimate of drug-likeness (QED) is 0.765. The van der Waals surface area contributed by atoms with E-state index in [2.05, 4.69) is 9.97 Å². The van der Waals surface area contributed by atoms with Gasteiger partial charge in [-0.3, -0.25) is 9.59 Å². The second-order valence-corrected chi connectivity index (χ2v) is 6.91. The number of amides is 2. The number of fused-ring (bicyclic) bond motifs is 1. The Kier molecular flexibility index (Phi) is 5.47. The fourth-order valence-electron chi connectivity index (χ4n) is 3.03. The van der Waals surface area contributed by atoms with Gasteiger partial charge in [0, 0.05) is 12.6 Å². The van der Waals surface area contributed by atoms with E-state index in [0.29, 0.717) is 24.7 Å². The summed E-state index contributed by atoms with van der Waals surface area (Å²) in [7, 11) is 0. The SMILES string of the molecule is CCOc1ccc2nc(SCC(=O)N3CCCC[C@H]3C(N)=O)[nH]c2c1. The maximum absolute atomic E-state index is 12.5. The summed E-state index contributed by atoms with van der Waals surface area (Å²) < 4.78 is 5.48. The highest BCUT2D eigenvalue weighted by molar-refractivity contribution is 7.99. The minimum absolute atomic E-state index is 0.0797. The predicted octanol–water partition coefficient (Wildman–Crippen LogP) is 1.92. The lowest BCUT2D eigenvalue weighted by Gasteiger charge is -2.33. The third kappa shape index (κ3) is 4.07. The molecule has 3 N–H and O–H groups in total. The van der Waals surface area contributed by atoms with Gasteiger partial charge < -0.3 is 20.4 Å². The first-order valence-electron chi connectivity index (χ1n) is 8.42. The number of likely N-dealkylation sites (tertiary alicyclic amines) is 1. The van der Waals surface area contributed by atoms with E-state index in [1.165, 1.54) is 11.8 Å². The zero-order chi connectivity index (χ0) is 17.8. The molecular weight excluding hydrogens is 340 g/mol. The lowest BCUT2D eigenvalue weighted by atomic mass is 10.0. The molecule has 0 aliphatic carbocycles. The van der Waals surface area contributed by atoms with Crippen molar-refractivity contribution in [2.75, 3.05) is 18.9 Å². The summed E-state index contributed by atoms with van der Waals surface area (Å²) in [4.78, 5) is 33.3. The molecule has 1 atom stereocenters. The molecule has 0 spiro atoms. The molecule has 1 aliphatic rings. The molecule has 2 heterocycles. The van der Waals surface area contributed by atoms with Gasteiger partial charge in [0.1, 0.15) is 11.8 Å². The Labute approximate surface area is 150 Å². The number of nitrogens with one attached hydrogen (secondary N) is 1. The number of nitrogens with two attached hydrogens (primary N) is 1. The Morgan fingerprint density at radius 1 is 1.44 bits per heavy atom. The molecule has 3 rings (SSSR count). The van der Waals surface area contributed by atoms with Crippen LogP contribution in [0.3, 0.4) is 0 Å². The van der Waals surface area contributed by atoms with Crippen molar-refractivity contribution >= 4 is 34.6 Å². The lowest BCUT2D eigenvalue weighted by Crippen LogP contribution is -2.51. The third-order valence-corrected chi connectivity index (χ3v) is 5.08. The number of carbonyl (C=O) groups is 2. The van der Waals surface area contributed by atoms with Crippen molar-refractivity contribution in [3.8, 4) is 5.75 Å². The zero-order valence-corrected chi connectivity index (χ0v) is 15.0. The topological polar surface area (TPSA) is 101 Å². The first-order chi connectivity index (χ1) is 12.1. The van der Waals surface area contributed by atoms with Crippen LogP contribution in [-0.4, -0.2) is 51.6 Å². The van der Waals surface area contributed by atoms with Gasteiger partial charge in [0.25, 0.3) is 0 Å². The Morgan fingerprint density at radius 3 is 3.04 bits per heavy atom. The molecule has 1 fully saturated rings. The van der Waals surface area contributed by atoms with Gasteiger partial charge in [-0.15, -0.1) is 0 Å². The van der Waals surface area contributed by atoms with E-state index >= 15 is 0 Å². The molecule has 1 saturated heterocycles. The maximum atomic E-state index is 12.5. The number of carbonyl (C=O) groups excluding carboxylic acids is 2. The first kappa shape index (κ1) is 17.6. The number of aromatic amines is 1. The number of H-pyrrole nitrogens is 1. The molecule has 0 bridgehead atoms. The molecule has 1 aromatic heterocycles. The molecule has 7 nitrogen and oxygen atoms in total. The van der Waals surface area contributed by atoms with E-state index in [1.54, 1.807) is 4.90 Å². The summed E-state index contributed by atoms with van der Waals surface area (Å²) in [5.74, 6) is 0.500. The van der Waals surface area contributed by atoms with Crippen molar-refractivity contribution < 1.29 is 14.3 Å². The Bertz CT molecular complexity index is 776. The van der Waals surface area contributed by atoms with Crippen molar-refractivity contribution in [1.29, 1.82) is 0 Å². The fourth-order valence-corrected chi connectivity index (χ4v) is 3.80. The molecule has 25 heavy (non-hydrogen) atoms. The molecular formula is C17H22N4O3S. The number of hydrogen-bond acceptors (Lipinski definition) is 5. The van der Waals surface area contributed by atoms with E-state index in [-0.39, 0.29) is 11.7 Å². The highest BCUT2D eigenvalue weighted by Crippen LogP contribution is 2.24. The molecule has 134 valence electrons. The van der Waals surface area contributed by atoms with E-state index in [9.17, 15) is 9.59 Å². The Hall–Kier alpha value is -2.22. The minimum atomic E-state index is -0.480. The highest BCUT2D eigenvalue weighted by atomic mass is 32.2. The fraction of sp³-hybridized carbons (Fsp3) is 0.471.